The van der Waals surface area contributed by atoms with E-state index in [0.717, 1.165) is 19.0 Å². The zero-order chi connectivity index (χ0) is 12.3. The summed E-state index contributed by atoms with van der Waals surface area (Å²) in [5, 5.41) is 4.13. The van der Waals surface area contributed by atoms with Crippen molar-refractivity contribution in [2.75, 3.05) is 26.0 Å². The molecule has 1 fully saturated rings. The van der Waals surface area contributed by atoms with Crippen molar-refractivity contribution in [2.45, 2.75) is 25.1 Å². The molecule has 1 heterocycles. The predicted octanol–water partition coefficient (Wildman–Crippen LogP) is 2.70. The summed E-state index contributed by atoms with van der Waals surface area (Å²) >= 11 is 2.02. The van der Waals surface area contributed by atoms with Crippen LogP contribution in [-0.2, 0) is 4.74 Å². The second-order valence-electron chi connectivity index (χ2n) is 4.69. The molecule has 94 valence electrons. The van der Waals surface area contributed by atoms with Crippen LogP contribution < -0.4 is 5.32 Å². The molecule has 1 aliphatic rings. The van der Waals surface area contributed by atoms with E-state index in [1.165, 1.54) is 16.7 Å². The fraction of sp³-hybridized carbons (Fsp3) is 0.571. The van der Waals surface area contributed by atoms with Gasteiger partial charge >= 0.3 is 0 Å². The fourth-order valence-electron chi connectivity index (χ4n) is 2.09. The van der Waals surface area contributed by atoms with Crippen LogP contribution in [-0.4, -0.2) is 31.3 Å². The van der Waals surface area contributed by atoms with E-state index in [9.17, 15) is 0 Å². The molecule has 1 N–H and O–H groups in total. The van der Waals surface area contributed by atoms with Crippen molar-refractivity contribution in [1.29, 1.82) is 0 Å². The van der Waals surface area contributed by atoms with Gasteiger partial charge in [-0.3, -0.25) is 0 Å². The van der Waals surface area contributed by atoms with Crippen molar-refractivity contribution < 1.29 is 4.74 Å². The maximum absolute atomic E-state index is 5.20. The summed E-state index contributed by atoms with van der Waals surface area (Å²) in [6.45, 7) is 6.19. The van der Waals surface area contributed by atoms with Crippen molar-refractivity contribution >= 4 is 11.8 Å². The highest BCUT2D eigenvalue weighted by atomic mass is 32.2. The van der Waals surface area contributed by atoms with E-state index < -0.39 is 0 Å². The number of hydrogen-bond donors (Lipinski definition) is 1. The first-order valence-corrected chi connectivity index (χ1v) is 7.19. The second-order valence-corrected chi connectivity index (χ2v) is 6.03. The molecule has 1 atom stereocenters. The molecule has 2 nitrogen and oxygen atoms in total. The Morgan fingerprint density at radius 3 is 2.71 bits per heavy atom. The quantitative estimate of drug-likeness (QED) is 0.869. The van der Waals surface area contributed by atoms with Crippen LogP contribution in [0.5, 0.6) is 0 Å². The molecule has 1 aromatic carbocycles. The second kappa shape index (κ2) is 5.89. The van der Waals surface area contributed by atoms with Crippen molar-refractivity contribution in [3.05, 3.63) is 34.9 Å². The van der Waals surface area contributed by atoms with E-state index in [-0.39, 0.29) is 0 Å². The lowest BCUT2D eigenvalue weighted by atomic mass is 10.0. The predicted molar refractivity (Wildman–Crippen MR) is 74.8 cm³/mol. The maximum atomic E-state index is 5.20. The maximum Gasteiger partial charge on any atom is 0.0607 e. The van der Waals surface area contributed by atoms with Gasteiger partial charge in [-0.25, -0.2) is 0 Å². The smallest absolute Gasteiger partial charge is 0.0607 e. The first kappa shape index (κ1) is 12.9. The average molecular weight is 251 g/mol. The van der Waals surface area contributed by atoms with E-state index in [1.54, 1.807) is 0 Å². The van der Waals surface area contributed by atoms with Crippen LogP contribution >= 0.6 is 11.8 Å². The van der Waals surface area contributed by atoms with Crippen molar-refractivity contribution in [2.24, 2.45) is 0 Å². The monoisotopic (exact) mass is 251 g/mol. The fourth-order valence-corrected chi connectivity index (χ4v) is 3.28. The molecule has 0 radical (unpaired) electrons. The Balaban J connectivity index is 2.00. The summed E-state index contributed by atoms with van der Waals surface area (Å²) < 4.78 is 5.20. The molecule has 1 aliphatic heterocycles. The zero-order valence-electron chi connectivity index (χ0n) is 10.8. The van der Waals surface area contributed by atoms with Gasteiger partial charge in [-0.2, -0.15) is 11.8 Å². The Labute approximate surface area is 108 Å². The first-order valence-electron chi connectivity index (χ1n) is 6.14. The third kappa shape index (κ3) is 3.24. The van der Waals surface area contributed by atoms with Gasteiger partial charge in [-0.15, -0.1) is 0 Å². The summed E-state index contributed by atoms with van der Waals surface area (Å²) in [5.74, 6) is 1.12. The number of thioether (sulfide) groups is 1. The summed E-state index contributed by atoms with van der Waals surface area (Å²) in [4.78, 5) is 0. The number of ether oxygens (including phenoxy) is 1. The summed E-state index contributed by atoms with van der Waals surface area (Å²) in [7, 11) is 2.04. The number of hydrogen-bond acceptors (Lipinski definition) is 3. The molecule has 2 rings (SSSR count). The van der Waals surface area contributed by atoms with Gasteiger partial charge in [0.1, 0.15) is 0 Å². The molecule has 17 heavy (non-hydrogen) atoms. The lowest BCUT2D eigenvalue weighted by molar-refractivity contribution is 0.0455. The van der Waals surface area contributed by atoms with Crippen LogP contribution in [0.4, 0.5) is 0 Å². The molecule has 0 aromatic heterocycles. The molecule has 3 heteroatoms. The largest absolute Gasteiger partial charge is 0.379 e. The summed E-state index contributed by atoms with van der Waals surface area (Å²) in [6.07, 6.45) is 0. The van der Waals surface area contributed by atoms with Crippen molar-refractivity contribution in [1.82, 2.24) is 5.32 Å². The van der Waals surface area contributed by atoms with Crippen LogP contribution in [0.3, 0.4) is 0 Å². The Kier molecular flexibility index (Phi) is 4.48. The summed E-state index contributed by atoms with van der Waals surface area (Å²) in [6, 6.07) is 7.16. The number of aryl methyl sites for hydroxylation is 2. The third-order valence-electron chi connectivity index (χ3n) is 3.26. The van der Waals surface area contributed by atoms with Crippen molar-refractivity contribution in [3.8, 4) is 0 Å². The van der Waals surface area contributed by atoms with E-state index in [4.69, 9.17) is 4.74 Å². The minimum Gasteiger partial charge on any atom is -0.379 e. The highest BCUT2D eigenvalue weighted by Gasteiger charge is 2.21. The van der Waals surface area contributed by atoms with Crippen LogP contribution in [0.15, 0.2) is 18.2 Å². The highest BCUT2D eigenvalue weighted by molar-refractivity contribution is 8.00. The van der Waals surface area contributed by atoms with Crippen molar-refractivity contribution in [3.63, 3.8) is 0 Å². The minimum absolute atomic E-state index is 0.446. The van der Waals surface area contributed by atoms with Gasteiger partial charge in [-0.1, -0.05) is 23.8 Å². The Morgan fingerprint density at radius 2 is 2.18 bits per heavy atom. The average Bonchev–Trinajstić information content (AvgIpc) is 2.23. The first-order chi connectivity index (χ1) is 8.20. The van der Waals surface area contributed by atoms with E-state index >= 15 is 0 Å². The molecule has 0 spiro atoms. The molecule has 1 aromatic rings. The third-order valence-corrected chi connectivity index (χ3v) is 4.52. The van der Waals surface area contributed by atoms with Crippen LogP contribution in [0.25, 0.3) is 0 Å². The Bertz CT molecular complexity index is 376. The molecular weight excluding hydrogens is 230 g/mol. The highest BCUT2D eigenvalue weighted by Crippen LogP contribution is 2.27. The lowest BCUT2D eigenvalue weighted by Gasteiger charge is -2.27. The summed E-state index contributed by atoms with van der Waals surface area (Å²) in [5.41, 5.74) is 4.14. The standard InChI is InChI=1S/C14H21NOS/c1-10-4-5-13(11(2)6-10)14(15-3)9-17-12-7-16-8-12/h4-6,12,14-15H,7-9H2,1-3H3. The molecule has 0 bridgehead atoms. The zero-order valence-corrected chi connectivity index (χ0v) is 11.6. The van der Waals surface area contributed by atoms with Gasteiger partial charge in [0, 0.05) is 11.8 Å². The van der Waals surface area contributed by atoms with E-state index in [1.807, 2.05) is 18.8 Å². The van der Waals surface area contributed by atoms with Crippen LogP contribution in [0, 0.1) is 13.8 Å². The number of benzene rings is 1. The van der Waals surface area contributed by atoms with E-state index in [0.29, 0.717) is 11.3 Å². The van der Waals surface area contributed by atoms with Gasteiger partial charge < -0.3 is 10.1 Å². The van der Waals surface area contributed by atoms with Gasteiger partial charge in [0.25, 0.3) is 0 Å². The lowest BCUT2D eigenvalue weighted by Crippen LogP contribution is -2.32. The number of rotatable bonds is 5. The molecule has 0 amide bonds. The van der Waals surface area contributed by atoms with Gasteiger partial charge in [0.05, 0.1) is 18.5 Å². The minimum atomic E-state index is 0.446. The normalized spacial score (nSPS) is 17.8. The number of nitrogens with one attached hydrogen (secondary N) is 1. The SMILES string of the molecule is CNC(CSC1COC1)c1ccc(C)cc1C. The van der Waals surface area contributed by atoms with E-state index in [2.05, 4.69) is 37.4 Å². The van der Waals surface area contributed by atoms with Gasteiger partial charge in [-0.05, 0) is 32.0 Å². The Morgan fingerprint density at radius 1 is 1.41 bits per heavy atom. The van der Waals surface area contributed by atoms with Gasteiger partial charge in [0.2, 0.25) is 0 Å². The molecule has 1 unspecified atom stereocenters. The van der Waals surface area contributed by atoms with Gasteiger partial charge in [0.15, 0.2) is 0 Å². The van der Waals surface area contributed by atoms with Crippen LogP contribution in [0.1, 0.15) is 22.7 Å². The van der Waals surface area contributed by atoms with Crippen LogP contribution in [0.2, 0.25) is 0 Å². The topological polar surface area (TPSA) is 21.3 Å². The molecular formula is C14H21NOS. The molecule has 1 saturated heterocycles. The molecule has 0 aliphatic carbocycles. The molecule has 0 saturated carbocycles. The Hall–Kier alpha value is -0.510.